The van der Waals surface area contributed by atoms with Gasteiger partial charge in [-0.05, 0) is 31.9 Å². The lowest BCUT2D eigenvalue weighted by Crippen LogP contribution is -2.51. The number of morpholine rings is 1. The van der Waals surface area contributed by atoms with Crippen LogP contribution in [0.4, 0.5) is 5.82 Å². The van der Waals surface area contributed by atoms with Gasteiger partial charge in [-0.3, -0.25) is 4.90 Å². The summed E-state index contributed by atoms with van der Waals surface area (Å²) in [5.41, 5.74) is 0.309. The largest absolute Gasteiger partial charge is 0.376 e. The molecule has 2 aliphatic rings. The maximum absolute atomic E-state index is 9.04. The fraction of sp³-hybridized carbons (Fsp3) is 0.625. The minimum Gasteiger partial charge on any atom is -0.376 e. The first-order chi connectivity index (χ1) is 10.7. The van der Waals surface area contributed by atoms with Crippen molar-refractivity contribution in [1.82, 2.24) is 9.88 Å². The van der Waals surface area contributed by atoms with E-state index in [1.54, 1.807) is 6.07 Å². The van der Waals surface area contributed by atoms with E-state index in [0.717, 1.165) is 51.4 Å². The molecule has 118 valence electrons. The fourth-order valence-corrected chi connectivity index (χ4v) is 3.47. The highest BCUT2D eigenvalue weighted by molar-refractivity contribution is 6.31. The first-order valence-electron chi connectivity index (χ1n) is 7.84. The quantitative estimate of drug-likeness (QED) is 0.837. The first-order valence-corrected chi connectivity index (χ1v) is 8.22. The summed E-state index contributed by atoms with van der Waals surface area (Å²) in [7, 11) is 0. The normalized spacial score (nSPS) is 24.2. The molecular weight excluding hydrogens is 300 g/mol. The SMILES string of the molecule is CC1CN(C2CCN(c3ccc(Cl)c(C#N)n3)CC2)CCO1. The summed E-state index contributed by atoms with van der Waals surface area (Å²) in [5, 5.41) is 9.46. The van der Waals surface area contributed by atoms with Gasteiger partial charge in [-0.2, -0.15) is 5.26 Å². The van der Waals surface area contributed by atoms with Crippen molar-refractivity contribution < 1.29 is 4.74 Å². The third-order valence-electron chi connectivity index (χ3n) is 4.51. The molecule has 0 N–H and O–H groups in total. The second-order valence-corrected chi connectivity index (χ2v) is 6.41. The number of anilines is 1. The summed E-state index contributed by atoms with van der Waals surface area (Å²) in [6.07, 6.45) is 2.58. The van der Waals surface area contributed by atoms with Crippen LogP contribution in [0, 0.1) is 11.3 Å². The second-order valence-electron chi connectivity index (χ2n) is 6.01. The zero-order valence-electron chi connectivity index (χ0n) is 12.8. The number of pyridine rings is 1. The van der Waals surface area contributed by atoms with E-state index in [2.05, 4.69) is 21.7 Å². The van der Waals surface area contributed by atoms with Gasteiger partial charge >= 0.3 is 0 Å². The second kappa shape index (κ2) is 6.82. The van der Waals surface area contributed by atoms with Crippen LogP contribution in [0.2, 0.25) is 5.02 Å². The number of nitrogens with zero attached hydrogens (tertiary/aromatic N) is 4. The molecule has 1 aromatic rings. The Labute approximate surface area is 136 Å². The number of rotatable bonds is 2. The van der Waals surface area contributed by atoms with Crippen LogP contribution in [-0.2, 0) is 4.74 Å². The van der Waals surface area contributed by atoms with Gasteiger partial charge in [0.05, 0.1) is 17.7 Å². The third-order valence-corrected chi connectivity index (χ3v) is 4.82. The van der Waals surface area contributed by atoms with Crippen molar-refractivity contribution in [3.63, 3.8) is 0 Å². The van der Waals surface area contributed by atoms with Crippen molar-refractivity contribution in [3.8, 4) is 6.07 Å². The lowest BCUT2D eigenvalue weighted by atomic mass is 10.0. The first kappa shape index (κ1) is 15.5. The van der Waals surface area contributed by atoms with E-state index in [1.807, 2.05) is 12.1 Å². The maximum Gasteiger partial charge on any atom is 0.161 e. The van der Waals surface area contributed by atoms with E-state index in [4.69, 9.17) is 21.6 Å². The molecular formula is C16H21ClN4O. The number of hydrogen-bond donors (Lipinski definition) is 0. The molecule has 0 radical (unpaired) electrons. The smallest absolute Gasteiger partial charge is 0.161 e. The standard InChI is InChI=1S/C16H21ClN4O/c1-12-11-21(8-9-22-12)13-4-6-20(7-5-13)16-3-2-14(17)15(10-18)19-16/h2-3,12-13H,4-9,11H2,1H3. The van der Waals surface area contributed by atoms with Crippen LogP contribution in [0.1, 0.15) is 25.5 Å². The zero-order valence-corrected chi connectivity index (χ0v) is 13.6. The van der Waals surface area contributed by atoms with Crippen molar-refractivity contribution >= 4 is 17.4 Å². The van der Waals surface area contributed by atoms with Gasteiger partial charge < -0.3 is 9.64 Å². The number of nitriles is 1. The summed E-state index contributed by atoms with van der Waals surface area (Å²) in [6, 6.07) is 6.34. The van der Waals surface area contributed by atoms with E-state index in [1.165, 1.54) is 0 Å². The van der Waals surface area contributed by atoms with Gasteiger partial charge in [0.1, 0.15) is 11.9 Å². The van der Waals surface area contributed by atoms with Crippen LogP contribution in [0.25, 0.3) is 0 Å². The average Bonchev–Trinajstić information content (AvgIpc) is 2.55. The van der Waals surface area contributed by atoms with Crippen molar-refractivity contribution in [2.45, 2.75) is 31.9 Å². The van der Waals surface area contributed by atoms with E-state index in [-0.39, 0.29) is 0 Å². The summed E-state index contributed by atoms with van der Waals surface area (Å²) in [4.78, 5) is 9.17. The Morgan fingerprint density at radius 1 is 1.32 bits per heavy atom. The molecule has 6 heteroatoms. The molecule has 2 aliphatic heterocycles. The molecule has 2 saturated heterocycles. The minimum atomic E-state index is 0.309. The predicted octanol–water partition coefficient (Wildman–Crippen LogP) is 2.30. The van der Waals surface area contributed by atoms with Crippen LogP contribution < -0.4 is 4.90 Å². The Morgan fingerprint density at radius 2 is 2.09 bits per heavy atom. The van der Waals surface area contributed by atoms with Gasteiger partial charge in [-0.15, -0.1) is 0 Å². The zero-order chi connectivity index (χ0) is 15.5. The Hall–Kier alpha value is -1.35. The van der Waals surface area contributed by atoms with Crippen LogP contribution in [0.5, 0.6) is 0 Å². The molecule has 3 heterocycles. The monoisotopic (exact) mass is 320 g/mol. The van der Waals surface area contributed by atoms with Crippen molar-refractivity contribution in [3.05, 3.63) is 22.8 Å². The molecule has 0 saturated carbocycles. The summed E-state index contributed by atoms with van der Waals surface area (Å²) in [5.74, 6) is 0.856. The van der Waals surface area contributed by atoms with Crippen molar-refractivity contribution in [1.29, 1.82) is 5.26 Å². The summed E-state index contributed by atoms with van der Waals surface area (Å²) in [6.45, 7) is 6.98. The van der Waals surface area contributed by atoms with Crippen molar-refractivity contribution in [2.75, 3.05) is 37.7 Å². The highest BCUT2D eigenvalue weighted by Crippen LogP contribution is 2.24. The molecule has 0 spiro atoms. The Bertz CT molecular complexity index is 566. The number of hydrogen-bond acceptors (Lipinski definition) is 5. The molecule has 3 rings (SSSR count). The van der Waals surface area contributed by atoms with Gasteiger partial charge in [0.15, 0.2) is 5.69 Å². The molecule has 0 amide bonds. The van der Waals surface area contributed by atoms with Crippen LogP contribution in [-0.4, -0.2) is 54.8 Å². The highest BCUT2D eigenvalue weighted by Gasteiger charge is 2.28. The van der Waals surface area contributed by atoms with Gasteiger partial charge in [-0.25, -0.2) is 4.98 Å². The van der Waals surface area contributed by atoms with Gasteiger partial charge in [-0.1, -0.05) is 11.6 Å². The molecule has 0 aromatic carbocycles. The van der Waals surface area contributed by atoms with Gasteiger partial charge in [0.25, 0.3) is 0 Å². The fourth-order valence-electron chi connectivity index (χ4n) is 3.32. The number of piperidine rings is 1. The predicted molar refractivity (Wildman–Crippen MR) is 86.2 cm³/mol. The molecule has 2 fully saturated rings. The van der Waals surface area contributed by atoms with E-state index >= 15 is 0 Å². The minimum absolute atomic E-state index is 0.309. The maximum atomic E-state index is 9.04. The molecule has 1 aromatic heterocycles. The van der Waals surface area contributed by atoms with E-state index in [0.29, 0.717) is 22.9 Å². The Morgan fingerprint density at radius 3 is 2.77 bits per heavy atom. The lowest BCUT2D eigenvalue weighted by Gasteiger charge is -2.42. The van der Waals surface area contributed by atoms with Crippen LogP contribution >= 0.6 is 11.6 Å². The van der Waals surface area contributed by atoms with Crippen LogP contribution in [0.15, 0.2) is 12.1 Å². The number of ether oxygens (including phenoxy) is 1. The molecule has 1 atom stereocenters. The molecule has 22 heavy (non-hydrogen) atoms. The molecule has 5 nitrogen and oxygen atoms in total. The number of aromatic nitrogens is 1. The van der Waals surface area contributed by atoms with Gasteiger partial charge in [0.2, 0.25) is 0 Å². The molecule has 0 aliphatic carbocycles. The Kier molecular flexibility index (Phi) is 4.82. The van der Waals surface area contributed by atoms with E-state index in [9.17, 15) is 0 Å². The third kappa shape index (κ3) is 3.35. The average molecular weight is 321 g/mol. The summed E-state index contributed by atoms with van der Waals surface area (Å²) < 4.78 is 5.62. The molecule has 0 bridgehead atoms. The van der Waals surface area contributed by atoms with E-state index < -0.39 is 0 Å². The Balaban J connectivity index is 1.61. The molecule has 1 unspecified atom stereocenters. The lowest BCUT2D eigenvalue weighted by molar-refractivity contribution is -0.0373. The highest BCUT2D eigenvalue weighted by atomic mass is 35.5. The topological polar surface area (TPSA) is 52.4 Å². The van der Waals surface area contributed by atoms with Gasteiger partial charge in [0, 0.05) is 32.2 Å². The van der Waals surface area contributed by atoms with Crippen molar-refractivity contribution in [2.24, 2.45) is 0 Å². The van der Waals surface area contributed by atoms with Crippen LogP contribution in [0.3, 0.4) is 0 Å². The summed E-state index contributed by atoms with van der Waals surface area (Å²) >= 11 is 5.95. The number of halogens is 1.